The highest BCUT2D eigenvalue weighted by molar-refractivity contribution is 5.14. The van der Waals surface area contributed by atoms with Gasteiger partial charge < -0.3 is 0 Å². The topological polar surface area (TPSA) is 0 Å². The van der Waals surface area contributed by atoms with Crippen molar-refractivity contribution in [3.05, 3.63) is 35.6 Å². The Hall–Kier alpha value is -0.990. The molecule has 11 heavy (non-hydrogen) atoms. The zero-order valence-electron chi connectivity index (χ0n) is 6.15. The van der Waals surface area contributed by atoms with Crippen LogP contribution in [0.4, 0.5) is 13.2 Å². The molecule has 0 radical (unpaired) electrons. The van der Waals surface area contributed by atoms with Gasteiger partial charge in [-0.15, -0.1) is 0 Å². The molecule has 1 aromatic carbocycles. The second kappa shape index (κ2) is 5.77. The van der Waals surface area contributed by atoms with E-state index in [-0.39, 0.29) is 5.82 Å². The van der Waals surface area contributed by atoms with Crippen molar-refractivity contribution in [2.24, 2.45) is 0 Å². The van der Waals surface area contributed by atoms with E-state index in [2.05, 4.69) is 0 Å². The fourth-order valence-corrected chi connectivity index (χ4v) is 0.551. The summed E-state index contributed by atoms with van der Waals surface area (Å²) in [6.45, 7) is -0.00463. The van der Waals surface area contributed by atoms with E-state index in [1.54, 1.807) is 19.1 Å². The Bertz CT molecular complexity index is 177. The summed E-state index contributed by atoms with van der Waals surface area (Å²) in [5.41, 5.74) is 0.701. The molecule has 0 N–H and O–H groups in total. The number of alkyl halides is 2. The minimum absolute atomic E-state index is 0.132. The van der Waals surface area contributed by atoms with Crippen molar-refractivity contribution < 1.29 is 13.2 Å². The highest BCUT2D eigenvalue weighted by atomic mass is 19.3. The van der Waals surface area contributed by atoms with Gasteiger partial charge in [0, 0.05) is 0 Å². The van der Waals surface area contributed by atoms with Gasteiger partial charge in [-0.3, -0.25) is 0 Å². The summed E-state index contributed by atoms with van der Waals surface area (Å²) in [5.74, 6) is -0.132. The van der Waals surface area contributed by atoms with Crippen molar-refractivity contribution in [3.63, 3.8) is 0 Å². The van der Waals surface area contributed by atoms with Gasteiger partial charge in [-0.05, 0) is 18.6 Å². The van der Waals surface area contributed by atoms with E-state index in [1.165, 1.54) is 6.07 Å². The lowest BCUT2D eigenvalue weighted by Gasteiger charge is -1.89. The summed E-state index contributed by atoms with van der Waals surface area (Å²) in [7, 11) is 0. The molecule has 0 bridgehead atoms. The fraction of sp³-hybridized carbons (Fsp3) is 0.250. The van der Waals surface area contributed by atoms with E-state index < -0.39 is 6.93 Å². The summed E-state index contributed by atoms with van der Waals surface area (Å²) in [6, 6.07) is 6.70. The molecule has 1 rings (SSSR count). The van der Waals surface area contributed by atoms with Crippen molar-refractivity contribution in [2.45, 2.75) is 6.92 Å². The smallest absolute Gasteiger partial charge is 0.214 e. The molecule has 0 aliphatic carbocycles. The fourth-order valence-electron chi connectivity index (χ4n) is 0.551. The van der Waals surface area contributed by atoms with Gasteiger partial charge >= 0.3 is 0 Å². The van der Waals surface area contributed by atoms with Crippen molar-refractivity contribution in [3.8, 4) is 0 Å². The van der Waals surface area contributed by atoms with Crippen LogP contribution in [0.25, 0.3) is 0 Å². The van der Waals surface area contributed by atoms with Gasteiger partial charge in [0.1, 0.15) is 5.82 Å². The average molecular weight is 162 g/mol. The zero-order chi connectivity index (χ0) is 8.69. The van der Waals surface area contributed by atoms with Gasteiger partial charge in [0.25, 0.3) is 0 Å². The normalized spacial score (nSPS) is 8.36. The van der Waals surface area contributed by atoms with Crippen molar-refractivity contribution >= 4 is 0 Å². The van der Waals surface area contributed by atoms with E-state index in [0.717, 1.165) is 0 Å². The molecule has 0 heterocycles. The molecule has 0 amide bonds. The highest BCUT2D eigenvalue weighted by Gasteiger charge is 1.88. The van der Waals surface area contributed by atoms with Crippen molar-refractivity contribution in [2.75, 3.05) is 6.93 Å². The molecule has 0 aromatic heterocycles. The Kier molecular flexibility index (Phi) is 5.25. The molecule has 0 saturated heterocycles. The molecular formula is C8H9F3. The molecular weight excluding hydrogens is 153 g/mol. The van der Waals surface area contributed by atoms with E-state index >= 15 is 0 Å². The van der Waals surface area contributed by atoms with Gasteiger partial charge in [-0.25, -0.2) is 13.2 Å². The number of aryl methyl sites for hydroxylation is 1. The van der Waals surface area contributed by atoms with Gasteiger partial charge in [-0.2, -0.15) is 0 Å². The molecule has 0 nitrogen and oxygen atoms in total. The molecule has 0 spiro atoms. The standard InChI is InChI=1S/C7H7F.CH2F2/c1-6-4-2-3-5-7(6)8;2-1-3/h2-5H,1H3;1H2. The summed E-state index contributed by atoms with van der Waals surface area (Å²) in [5, 5.41) is 0. The summed E-state index contributed by atoms with van der Waals surface area (Å²) < 4.78 is 31.6. The largest absolute Gasteiger partial charge is 0.229 e. The van der Waals surface area contributed by atoms with Crippen LogP contribution in [0, 0.1) is 12.7 Å². The van der Waals surface area contributed by atoms with Gasteiger partial charge in [-0.1, -0.05) is 18.2 Å². The molecule has 0 aliphatic heterocycles. The predicted molar refractivity (Wildman–Crippen MR) is 38.2 cm³/mol. The third-order valence-electron chi connectivity index (χ3n) is 1.08. The van der Waals surface area contributed by atoms with Crippen LogP contribution in [-0.2, 0) is 0 Å². The highest BCUT2D eigenvalue weighted by Crippen LogP contribution is 2.01. The Morgan fingerprint density at radius 3 is 1.91 bits per heavy atom. The second-order valence-electron chi connectivity index (χ2n) is 1.85. The number of hydrogen-bond acceptors (Lipinski definition) is 0. The van der Waals surface area contributed by atoms with Crippen LogP contribution in [0.15, 0.2) is 24.3 Å². The summed E-state index contributed by atoms with van der Waals surface area (Å²) in [6.07, 6.45) is 0. The monoisotopic (exact) mass is 162 g/mol. The van der Waals surface area contributed by atoms with E-state index in [4.69, 9.17) is 0 Å². The van der Waals surface area contributed by atoms with Crippen LogP contribution in [0.5, 0.6) is 0 Å². The number of hydrogen-bond donors (Lipinski definition) is 0. The van der Waals surface area contributed by atoms with Crippen LogP contribution in [0.2, 0.25) is 0 Å². The Labute approximate surface area is 63.7 Å². The molecule has 0 atom stereocenters. The first kappa shape index (κ1) is 10.0. The predicted octanol–water partition coefficient (Wildman–Crippen LogP) is 3.02. The first-order valence-electron chi connectivity index (χ1n) is 3.05. The maximum absolute atomic E-state index is 12.3. The Morgan fingerprint density at radius 1 is 1.18 bits per heavy atom. The lowest BCUT2D eigenvalue weighted by molar-refractivity contribution is 0.295. The van der Waals surface area contributed by atoms with Crippen LogP contribution >= 0.6 is 0 Å². The summed E-state index contributed by atoms with van der Waals surface area (Å²) in [4.78, 5) is 0. The molecule has 62 valence electrons. The molecule has 0 fully saturated rings. The minimum Gasteiger partial charge on any atom is -0.214 e. The maximum Gasteiger partial charge on any atom is 0.229 e. The van der Waals surface area contributed by atoms with Crippen molar-refractivity contribution in [1.29, 1.82) is 0 Å². The number of benzene rings is 1. The molecule has 1 aromatic rings. The lowest BCUT2D eigenvalue weighted by atomic mass is 10.2. The van der Waals surface area contributed by atoms with Crippen molar-refractivity contribution in [1.82, 2.24) is 0 Å². The SMILES string of the molecule is Cc1ccccc1F.FCF. The van der Waals surface area contributed by atoms with Crippen LogP contribution in [0.1, 0.15) is 5.56 Å². The maximum atomic E-state index is 12.3. The van der Waals surface area contributed by atoms with Gasteiger partial charge in [0.2, 0.25) is 6.93 Å². The van der Waals surface area contributed by atoms with Crippen LogP contribution in [-0.4, -0.2) is 6.93 Å². The Balaban J connectivity index is 0.000000292. The summed E-state index contributed by atoms with van der Waals surface area (Å²) >= 11 is 0. The third-order valence-corrected chi connectivity index (χ3v) is 1.08. The minimum atomic E-state index is -1.75. The quantitative estimate of drug-likeness (QED) is 0.550. The third kappa shape index (κ3) is 4.42. The Morgan fingerprint density at radius 2 is 1.64 bits per heavy atom. The van der Waals surface area contributed by atoms with E-state index in [1.807, 2.05) is 6.07 Å². The zero-order valence-corrected chi connectivity index (χ0v) is 6.15. The van der Waals surface area contributed by atoms with Crippen LogP contribution < -0.4 is 0 Å². The first-order valence-corrected chi connectivity index (χ1v) is 3.05. The number of rotatable bonds is 0. The van der Waals surface area contributed by atoms with E-state index in [0.29, 0.717) is 5.56 Å². The van der Waals surface area contributed by atoms with Crippen LogP contribution in [0.3, 0.4) is 0 Å². The molecule has 0 aliphatic rings. The average Bonchev–Trinajstić information content (AvgIpc) is 1.97. The van der Waals surface area contributed by atoms with E-state index in [9.17, 15) is 13.2 Å². The second-order valence-corrected chi connectivity index (χ2v) is 1.85. The van der Waals surface area contributed by atoms with Gasteiger partial charge in [0.05, 0.1) is 0 Å². The van der Waals surface area contributed by atoms with Gasteiger partial charge in [0.15, 0.2) is 0 Å². The lowest BCUT2D eigenvalue weighted by Crippen LogP contribution is -1.76. The molecule has 0 saturated carbocycles. The molecule has 3 heteroatoms. The first-order chi connectivity index (χ1) is 5.22. The number of halogens is 3. The molecule has 0 unspecified atom stereocenters.